The Morgan fingerprint density at radius 1 is 1.37 bits per heavy atom. The van der Waals surface area contributed by atoms with Crippen LogP contribution < -0.4 is 4.74 Å². The molecule has 186 valence electrons. The third-order valence-electron chi connectivity index (χ3n) is 6.02. The minimum atomic E-state index is -0.478. The predicted octanol–water partition coefficient (Wildman–Crippen LogP) is 3.36. The van der Waals surface area contributed by atoms with E-state index in [2.05, 4.69) is 16.8 Å². The van der Waals surface area contributed by atoms with Crippen molar-refractivity contribution in [1.29, 1.82) is 0 Å². The third-order valence-corrected chi connectivity index (χ3v) is 6.02. The third kappa shape index (κ3) is 6.37. The van der Waals surface area contributed by atoms with Gasteiger partial charge in [-0.1, -0.05) is 25.7 Å². The maximum absolute atomic E-state index is 13.4. The molecule has 1 aromatic heterocycles. The predicted molar refractivity (Wildman–Crippen MR) is 131 cm³/mol. The highest BCUT2D eigenvalue weighted by Gasteiger charge is 2.34. The molecule has 1 aliphatic rings. The summed E-state index contributed by atoms with van der Waals surface area (Å²) in [6.45, 7) is 6.12. The molecule has 0 aliphatic carbocycles. The number of aromatic nitrogens is 1. The van der Waals surface area contributed by atoms with Gasteiger partial charge in [0.05, 0.1) is 19.2 Å². The van der Waals surface area contributed by atoms with E-state index in [1.807, 2.05) is 13.8 Å². The molecule has 3 atom stereocenters. The van der Waals surface area contributed by atoms with E-state index in [4.69, 9.17) is 4.74 Å². The Hall–Kier alpha value is -3.44. The zero-order chi connectivity index (χ0) is 25.5. The van der Waals surface area contributed by atoms with Crippen molar-refractivity contribution >= 4 is 11.8 Å². The first-order valence-electron chi connectivity index (χ1n) is 11.8. The number of carbonyl (C=O) groups excluding carboxylic acids is 2. The minimum absolute atomic E-state index is 0.171. The molecule has 0 unspecified atom stereocenters. The van der Waals surface area contributed by atoms with Crippen LogP contribution in [0.25, 0.3) is 0 Å². The van der Waals surface area contributed by atoms with Gasteiger partial charge in [-0.15, -0.1) is 0 Å². The van der Waals surface area contributed by atoms with Gasteiger partial charge in [-0.05, 0) is 43.7 Å². The zero-order valence-corrected chi connectivity index (χ0v) is 20.6. The van der Waals surface area contributed by atoms with Crippen molar-refractivity contribution < 1.29 is 23.8 Å². The van der Waals surface area contributed by atoms with Crippen LogP contribution in [-0.4, -0.2) is 70.6 Å². The van der Waals surface area contributed by atoms with Crippen molar-refractivity contribution in [2.24, 2.45) is 5.92 Å². The monoisotopic (exact) mass is 481 g/mol. The van der Waals surface area contributed by atoms with Crippen LogP contribution in [0, 0.1) is 23.6 Å². The molecule has 0 radical (unpaired) electrons. The second kappa shape index (κ2) is 11.8. The number of fused-ring (bicyclic) bond motifs is 1. The SMILES string of the molecule is CCCC#Cc1cnc2c(c1)C(=O)N([C@H](C)CO)C[C@H](C)[C@H](CN(C)C(=O)c1ccc(F)cc1)O2. The maximum Gasteiger partial charge on any atom is 0.259 e. The van der Waals surface area contributed by atoms with Crippen molar-refractivity contribution in [1.82, 2.24) is 14.8 Å². The van der Waals surface area contributed by atoms with E-state index >= 15 is 0 Å². The molecule has 1 N–H and O–H groups in total. The van der Waals surface area contributed by atoms with Crippen LogP contribution in [0.15, 0.2) is 36.5 Å². The topological polar surface area (TPSA) is 83.0 Å². The van der Waals surface area contributed by atoms with Gasteiger partial charge < -0.3 is 19.6 Å². The van der Waals surface area contributed by atoms with E-state index in [0.29, 0.717) is 17.7 Å². The minimum Gasteiger partial charge on any atom is -0.472 e. The number of rotatable bonds is 6. The summed E-state index contributed by atoms with van der Waals surface area (Å²) in [7, 11) is 1.65. The molecular weight excluding hydrogens is 449 g/mol. The van der Waals surface area contributed by atoms with Crippen LogP contribution in [-0.2, 0) is 0 Å². The Kier molecular flexibility index (Phi) is 8.83. The number of hydrogen-bond acceptors (Lipinski definition) is 5. The summed E-state index contributed by atoms with van der Waals surface area (Å²) in [5, 5.41) is 9.79. The molecule has 0 saturated heterocycles. The Bertz CT molecular complexity index is 1110. The number of hydrogen-bond donors (Lipinski definition) is 1. The summed E-state index contributed by atoms with van der Waals surface area (Å²) in [6.07, 6.45) is 2.77. The van der Waals surface area contributed by atoms with Gasteiger partial charge in [-0.2, -0.15) is 0 Å². The number of nitrogens with zero attached hydrogens (tertiary/aromatic N) is 3. The highest BCUT2D eigenvalue weighted by atomic mass is 19.1. The molecule has 2 heterocycles. The van der Waals surface area contributed by atoms with Crippen LogP contribution in [0.3, 0.4) is 0 Å². The van der Waals surface area contributed by atoms with Gasteiger partial charge in [0, 0.05) is 43.3 Å². The summed E-state index contributed by atoms with van der Waals surface area (Å²) < 4.78 is 19.5. The Labute approximate surface area is 205 Å². The van der Waals surface area contributed by atoms with E-state index in [1.54, 1.807) is 31.1 Å². The van der Waals surface area contributed by atoms with Gasteiger partial charge in [0.2, 0.25) is 5.88 Å². The van der Waals surface area contributed by atoms with Crippen LogP contribution in [0.5, 0.6) is 5.88 Å². The lowest BCUT2D eigenvalue weighted by molar-refractivity contribution is 0.0313. The number of unbranched alkanes of at least 4 members (excludes halogenated alkanes) is 1. The summed E-state index contributed by atoms with van der Waals surface area (Å²) in [6, 6.07) is 6.64. The van der Waals surface area contributed by atoms with Crippen LogP contribution in [0.2, 0.25) is 0 Å². The van der Waals surface area contributed by atoms with Gasteiger partial charge in [-0.3, -0.25) is 9.59 Å². The van der Waals surface area contributed by atoms with Crippen LogP contribution in [0.4, 0.5) is 4.39 Å². The number of likely N-dealkylation sites (N-methyl/N-ethyl adjacent to an activating group) is 1. The number of pyridine rings is 1. The number of amides is 2. The molecular formula is C27H32FN3O4. The molecule has 0 saturated carbocycles. The van der Waals surface area contributed by atoms with E-state index in [1.165, 1.54) is 29.2 Å². The second-order valence-corrected chi connectivity index (χ2v) is 8.94. The van der Waals surface area contributed by atoms with Gasteiger partial charge in [0.1, 0.15) is 17.5 Å². The number of halogens is 1. The number of ether oxygens (including phenoxy) is 1. The average molecular weight is 482 g/mol. The van der Waals surface area contributed by atoms with Crippen LogP contribution >= 0.6 is 0 Å². The fourth-order valence-electron chi connectivity index (χ4n) is 3.84. The standard InChI is InChI=1S/C27H32FN3O4/c1-5-6-7-8-20-13-23-25(29-14-20)35-24(18(2)15-31(27(23)34)19(3)17-32)16-30(4)26(33)21-9-11-22(28)12-10-21/h9-14,18-19,24,32H,5-6,15-17H2,1-4H3/t18-,19+,24-/m0/s1. The lowest BCUT2D eigenvalue weighted by Gasteiger charge is -2.37. The molecule has 0 fully saturated rings. The zero-order valence-electron chi connectivity index (χ0n) is 20.6. The Balaban J connectivity index is 1.92. The normalized spacial score (nSPS) is 18.3. The Morgan fingerprint density at radius 3 is 2.74 bits per heavy atom. The molecule has 0 spiro atoms. The molecule has 3 rings (SSSR count). The number of aliphatic hydroxyl groups excluding tert-OH is 1. The molecule has 2 amide bonds. The summed E-state index contributed by atoms with van der Waals surface area (Å²) >= 11 is 0. The fourth-order valence-corrected chi connectivity index (χ4v) is 3.84. The van der Waals surface area contributed by atoms with Gasteiger partial charge in [-0.25, -0.2) is 9.37 Å². The molecule has 2 aromatic rings. The van der Waals surface area contributed by atoms with Crippen molar-refractivity contribution in [3.05, 3.63) is 59.0 Å². The molecule has 1 aromatic carbocycles. The fraction of sp³-hybridized carbons (Fsp3) is 0.444. The van der Waals surface area contributed by atoms with Gasteiger partial charge >= 0.3 is 0 Å². The average Bonchev–Trinajstić information content (AvgIpc) is 2.86. The highest BCUT2D eigenvalue weighted by molar-refractivity contribution is 5.97. The van der Waals surface area contributed by atoms with E-state index in [9.17, 15) is 19.1 Å². The van der Waals surface area contributed by atoms with E-state index in [0.717, 1.165) is 12.8 Å². The summed E-state index contributed by atoms with van der Waals surface area (Å²) in [4.78, 5) is 33.8. The highest BCUT2D eigenvalue weighted by Crippen LogP contribution is 2.27. The summed E-state index contributed by atoms with van der Waals surface area (Å²) in [5.74, 6) is 5.12. The van der Waals surface area contributed by atoms with Gasteiger partial charge in [0.25, 0.3) is 11.8 Å². The van der Waals surface area contributed by atoms with Gasteiger partial charge in [0.15, 0.2) is 0 Å². The van der Waals surface area contributed by atoms with Crippen LogP contribution in [0.1, 0.15) is 59.9 Å². The number of benzene rings is 1. The van der Waals surface area contributed by atoms with Crippen molar-refractivity contribution in [3.8, 4) is 17.7 Å². The van der Waals surface area contributed by atoms with Crippen molar-refractivity contribution in [2.45, 2.75) is 45.8 Å². The molecule has 0 bridgehead atoms. The number of aliphatic hydroxyl groups is 1. The first kappa shape index (κ1) is 26.2. The summed E-state index contributed by atoms with van der Waals surface area (Å²) in [5.41, 5.74) is 1.25. The van der Waals surface area contributed by atoms with E-state index in [-0.39, 0.29) is 42.3 Å². The molecule has 35 heavy (non-hydrogen) atoms. The lowest BCUT2D eigenvalue weighted by Crippen LogP contribution is -2.50. The van der Waals surface area contributed by atoms with Crippen molar-refractivity contribution in [2.75, 3.05) is 26.7 Å². The van der Waals surface area contributed by atoms with Crippen molar-refractivity contribution in [3.63, 3.8) is 0 Å². The first-order valence-corrected chi connectivity index (χ1v) is 11.8. The molecule has 7 nitrogen and oxygen atoms in total. The quantitative estimate of drug-likeness (QED) is 0.640. The largest absolute Gasteiger partial charge is 0.472 e. The number of carbonyl (C=O) groups is 2. The lowest BCUT2D eigenvalue weighted by atomic mass is 9.99. The molecule has 1 aliphatic heterocycles. The van der Waals surface area contributed by atoms with E-state index < -0.39 is 18.0 Å². The smallest absolute Gasteiger partial charge is 0.259 e. The maximum atomic E-state index is 13.4. The molecule has 8 heteroatoms. The second-order valence-electron chi connectivity index (χ2n) is 8.94. The first-order chi connectivity index (χ1) is 16.7. The Morgan fingerprint density at radius 2 is 2.09 bits per heavy atom.